The third-order valence-corrected chi connectivity index (χ3v) is 1.00. The summed E-state index contributed by atoms with van der Waals surface area (Å²) in [7, 11) is 0. The average molecular weight is 210 g/mol. The summed E-state index contributed by atoms with van der Waals surface area (Å²) < 4.78 is 12.0. The van der Waals surface area contributed by atoms with Crippen molar-refractivity contribution >= 4 is 17.9 Å². The number of carboxylic acids is 3. The maximum absolute atomic E-state index is 12.0. The van der Waals surface area contributed by atoms with Crippen LogP contribution in [0.15, 0.2) is 0 Å². The third kappa shape index (κ3) is 8.44. The highest BCUT2D eigenvalue weighted by atomic mass is 19.1. The van der Waals surface area contributed by atoms with Gasteiger partial charge in [-0.25, -0.2) is 18.8 Å². The van der Waals surface area contributed by atoms with Crippen LogP contribution < -0.4 is 0 Å². The summed E-state index contributed by atoms with van der Waals surface area (Å²) in [4.78, 5) is 28.0. The van der Waals surface area contributed by atoms with Gasteiger partial charge in [-0.05, 0) is 5.92 Å². The summed E-state index contributed by atoms with van der Waals surface area (Å²) >= 11 is 0. The lowest BCUT2D eigenvalue weighted by Gasteiger charge is -2.03. The zero-order valence-corrected chi connectivity index (χ0v) is 7.60. The molecule has 14 heavy (non-hydrogen) atoms. The zero-order valence-electron chi connectivity index (χ0n) is 7.60. The second-order valence-electron chi connectivity index (χ2n) is 2.59. The Balaban J connectivity index is 0. The quantitative estimate of drug-likeness (QED) is 0.562. The van der Waals surface area contributed by atoms with E-state index in [1.165, 1.54) is 13.8 Å². The molecule has 0 aromatic rings. The van der Waals surface area contributed by atoms with E-state index in [0.717, 1.165) is 0 Å². The Morgan fingerprint density at radius 1 is 1.00 bits per heavy atom. The van der Waals surface area contributed by atoms with Crippen LogP contribution in [-0.2, 0) is 14.4 Å². The summed E-state index contributed by atoms with van der Waals surface area (Å²) in [5, 5.41) is 22.8. The molecule has 0 rings (SSSR count). The normalized spacial score (nSPS) is 11.1. The first-order valence-electron chi connectivity index (χ1n) is 3.53. The number of rotatable bonds is 2. The van der Waals surface area contributed by atoms with Crippen molar-refractivity contribution in [3.05, 3.63) is 0 Å². The molecule has 82 valence electrons. The van der Waals surface area contributed by atoms with Gasteiger partial charge in [-0.1, -0.05) is 13.8 Å². The van der Waals surface area contributed by atoms with Gasteiger partial charge in [0.15, 0.2) is 6.17 Å². The van der Waals surface area contributed by atoms with E-state index in [1.807, 2.05) is 0 Å². The van der Waals surface area contributed by atoms with Gasteiger partial charge in [-0.2, -0.15) is 0 Å². The van der Waals surface area contributed by atoms with E-state index in [4.69, 9.17) is 24.9 Å². The third-order valence-electron chi connectivity index (χ3n) is 1.00. The van der Waals surface area contributed by atoms with Crippen LogP contribution in [0.5, 0.6) is 0 Å². The van der Waals surface area contributed by atoms with Gasteiger partial charge in [0.25, 0.3) is 0 Å². The van der Waals surface area contributed by atoms with Crippen LogP contribution in [0.3, 0.4) is 0 Å². The molecule has 0 spiro atoms. The Kier molecular flexibility index (Phi) is 7.22. The molecule has 1 unspecified atom stereocenters. The number of alkyl halides is 1. The molecule has 1 atom stereocenters. The number of hydrogen-bond donors (Lipinski definition) is 3. The van der Waals surface area contributed by atoms with Crippen LogP contribution in [0, 0.1) is 5.92 Å². The Morgan fingerprint density at radius 2 is 1.29 bits per heavy atom. The fraction of sp³-hybridized carbons (Fsp3) is 0.571. The van der Waals surface area contributed by atoms with Gasteiger partial charge in [-0.15, -0.1) is 0 Å². The number of carboxylic acid groups (broad SMARTS) is 3. The summed E-state index contributed by atoms with van der Waals surface area (Å²) in [5.41, 5.74) is 0. The predicted octanol–water partition coefficient (Wildman–Crippen LogP) is 0.221. The van der Waals surface area contributed by atoms with Crippen molar-refractivity contribution < 1.29 is 34.1 Å². The maximum atomic E-state index is 12.0. The van der Waals surface area contributed by atoms with Crippen molar-refractivity contribution in [2.24, 2.45) is 5.92 Å². The second-order valence-corrected chi connectivity index (χ2v) is 2.59. The van der Waals surface area contributed by atoms with E-state index >= 15 is 0 Å². The lowest BCUT2D eigenvalue weighted by Crippen LogP contribution is -2.20. The number of halogens is 1. The Morgan fingerprint density at radius 3 is 1.29 bits per heavy atom. The standard InChI is InChI=1S/C5H9FO2.C2H2O4/c1-3(2)4(6)5(7)8;3-1(4)2(5)6/h3-4H,1-2H3,(H,7,8);(H,3,4)(H,5,6). The van der Waals surface area contributed by atoms with Gasteiger partial charge in [0.05, 0.1) is 0 Å². The molecule has 0 aliphatic rings. The van der Waals surface area contributed by atoms with E-state index in [1.54, 1.807) is 0 Å². The SMILES string of the molecule is CC(C)C(F)C(=O)O.O=C(O)C(=O)O. The van der Waals surface area contributed by atoms with Crippen molar-refractivity contribution in [2.45, 2.75) is 20.0 Å². The lowest BCUT2D eigenvalue weighted by molar-refractivity contribution is -0.159. The first-order valence-corrected chi connectivity index (χ1v) is 3.53. The molecule has 0 aliphatic heterocycles. The number of aliphatic carboxylic acids is 3. The van der Waals surface area contributed by atoms with Crippen LogP contribution >= 0.6 is 0 Å². The lowest BCUT2D eigenvalue weighted by atomic mass is 10.1. The molecule has 0 aliphatic carbocycles. The molecule has 0 radical (unpaired) electrons. The molecule has 0 aromatic carbocycles. The fourth-order valence-corrected chi connectivity index (χ4v) is 0.285. The minimum Gasteiger partial charge on any atom is -0.479 e. The summed E-state index contributed by atoms with van der Waals surface area (Å²) in [5.74, 6) is -5.45. The Labute approximate surface area is 79.0 Å². The molecule has 6 nitrogen and oxygen atoms in total. The van der Waals surface area contributed by atoms with Crippen molar-refractivity contribution in [3.63, 3.8) is 0 Å². The summed E-state index contributed by atoms with van der Waals surface area (Å²) in [6, 6.07) is 0. The maximum Gasteiger partial charge on any atom is 0.414 e. The molecule has 0 saturated carbocycles. The topological polar surface area (TPSA) is 112 Å². The van der Waals surface area contributed by atoms with Gasteiger partial charge in [0.2, 0.25) is 0 Å². The molecule has 0 fully saturated rings. The molecule has 3 N–H and O–H groups in total. The zero-order chi connectivity index (χ0) is 11.9. The van der Waals surface area contributed by atoms with Crippen LogP contribution in [-0.4, -0.2) is 39.4 Å². The van der Waals surface area contributed by atoms with Crippen molar-refractivity contribution in [1.82, 2.24) is 0 Å². The molecule has 0 aromatic heterocycles. The second kappa shape index (κ2) is 6.81. The van der Waals surface area contributed by atoms with E-state index in [-0.39, 0.29) is 0 Å². The van der Waals surface area contributed by atoms with Crippen LogP contribution in [0.25, 0.3) is 0 Å². The minimum absolute atomic E-state index is 0.424. The molecule has 7 heteroatoms. The predicted molar refractivity (Wildman–Crippen MR) is 42.6 cm³/mol. The summed E-state index contributed by atoms with van der Waals surface area (Å²) in [6.45, 7) is 3.05. The Bertz CT molecular complexity index is 212. The average Bonchev–Trinajstić information content (AvgIpc) is 2.03. The molecule has 0 heterocycles. The number of carbonyl (C=O) groups is 3. The molecule has 0 bridgehead atoms. The first kappa shape index (κ1) is 14.8. The molecule has 0 amide bonds. The van der Waals surface area contributed by atoms with Gasteiger partial charge < -0.3 is 15.3 Å². The smallest absolute Gasteiger partial charge is 0.414 e. The molecular formula is C7H11FO6. The molecular weight excluding hydrogens is 199 g/mol. The minimum atomic E-state index is -1.82. The highest BCUT2D eigenvalue weighted by molar-refractivity contribution is 6.27. The van der Waals surface area contributed by atoms with E-state index in [2.05, 4.69) is 0 Å². The Hall–Kier alpha value is -1.66. The summed E-state index contributed by atoms with van der Waals surface area (Å²) in [6.07, 6.45) is -1.71. The number of hydrogen-bond acceptors (Lipinski definition) is 3. The first-order chi connectivity index (χ1) is 6.20. The van der Waals surface area contributed by atoms with E-state index < -0.39 is 30.0 Å². The van der Waals surface area contributed by atoms with Crippen LogP contribution in [0.4, 0.5) is 4.39 Å². The van der Waals surface area contributed by atoms with Gasteiger partial charge >= 0.3 is 17.9 Å². The van der Waals surface area contributed by atoms with E-state index in [0.29, 0.717) is 0 Å². The van der Waals surface area contributed by atoms with Gasteiger partial charge in [-0.3, -0.25) is 0 Å². The molecule has 0 saturated heterocycles. The fourth-order valence-electron chi connectivity index (χ4n) is 0.285. The van der Waals surface area contributed by atoms with Crippen LogP contribution in [0.2, 0.25) is 0 Å². The van der Waals surface area contributed by atoms with Crippen molar-refractivity contribution in [1.29, 1.82) is 0 Å². The van der Waals surface area contributed by atoms with Gasteiger partial charge in [0, 0.05) is 0 Å². The van der Waals surface area contributed by atoms with E-state index in [9.17, 15) is 9.18 Å². The van der Waals surface area contributed by atoms with Crippen molar-refractivity contribution in [3.8, 4) is 0 Å². The highest BCUT2D eigenvalue weighted by Crippen LogP contribution is 2.04. The van der Waals surface area contributed by atoms with Crippen molar-refractivity contribution in [2.75, 3.05) is 0 Å². The van der Waals surface area contributed by atoms with Crippen LogP contribution in [0.1, 0.15) is 13.8 Å². The highest BCUT2D eigenvalue weighted by Gasteiger charge is 2.18. The van der Waals surface area contributed by atoms with Gasteiger partial charge in [0.1, 0.15) is 0 Å². The largest absolute Gasteiger partial charge is 0.479 e. The monoisotopic (exact) mass is 210 g/mol.